The predicted octanol–water partition coefficient (Wildman–Crippen LogP) is 1.49. The van der Waals surface area contributed by atoms with E-state index in [4.69, 9.17) is 4.74 Å². The number of ketones is 1. The van der Waals surface area contributed by atoms with Crippen molar-refractivity contribution in [3.63, 3.8) is 0 Å². The first kappa shape index (κ1) is 13.7. The van der Waals surface area contributed by atoms with Gasteiger partial charge in [0, 0.05) is 41.7 Å². The second-order valence-corrected chi connectivity index (χ2v) is 6.57. The van der Waals surface area contributed by atoms with Crippen molar-refractivity contribution in [3.05, 3.63) is 71.3 Å². The zero-order chi connectivity index (χ0) is 16.3. The third kappa shape index (κ3) is 1.67. The van der Waals surface area contributed by atoms with Crippen LogP contribution in [0.3, 0.4) is 0 Å². The molecular weight excluding hydrogens is 304 g/mol. The van der Waals surface area contributed by atoms with Gasteiger partial charge in [0.05, 0.1) is 24.7 Å². The molecule has 5 rings (SSSR count). The van der Waals surface area contributed by atoms with Crippen molar-refractivity contribution >= 4 is 11.7 Å². The van der Waals surface area contributed by atoms with Crippen LogP contribution < -0.4 is 5.32 Å². The number of fused-ring (bicyclic) bond motifs is 2. The Morgan fingerprint density at radius 2 is 2.17 bits per heavy atom. The summed E-state index contributed by atoms with van der Waals surface area (Å²) >= 11 is 0. The number of carbonyl (C=O) groups excluding carboxylic acids is 2. The van der Waals surface area contributed by atoms with E-state index in [1.165, 1.54) is 0 Å². The standard InChI is InChI=1S/C19H16N2O3/c22-15-5-7-24-11-12-9-21-10-13-2-1-3-16-19(13,6-4-18(23)20-16)17(21)8-14(12)15/h1-4,6,8-10,17H,5,7,11H2,(H,20,23). The maximum Gasteiger partial charge on any atom is 0.247 e. The van der Waals surface area contributed by atoms with E-state index in [1.807, 2.05) is 30.5 Å². The lowest BCUT2D eigenvalue weighted by Gasteiger charge is -2.42. The van der Waals surface area contributed by atoms with Crippen molar-refractivity contribution in [2.45, 2.75) is 12.5 Å². The number of Topliss-reactive ketones (excluding diaryl/α,β-unsaturated/α-hetero) is 1. The fourth-order valence-corrected chi connectivity index (χ4v) is 4.16. The Kier molecular flexibility index (Phi) is 2.68. The SMILES string of the molecule is O=C1C=CC23C(=CN4C=C5COCCC(=O)C5=CC42)C=CC=C3N1. The molecule has 1 amide bonds. The number of carbonyl (C=O) groups is 2. The highest BCUT2D eigenvalue weighted by atomic mass is 16.5. The summed E-state index contributed by atoms with van der Waals surface area (Å²) in [5.74, 6) is 0.0163. The van der Waals surface area contributed by atoms with Gasteiger partial charge < -0.3 is 15.0 Å². The van der Waals surface area contributed by atoms with Gasteiger partial charge in [-0.3, -0.25) is 9.59 Å². The topological polar surface area (TPSA) is 58.6 Å². The minimum absolute atomic E-state index is 0.0543. The van der Waals surface area contributed by atoms with E-state index < -0.39 is 5.41 Å². The molecule has 5 heteroatoms. The molecule has 1 saturated heterocycles. The summed E-state index contributed by atoms with van der Waals surface area (Å²) in [5, 5.41) is 2.97. The van der Waals surface area contributed by atoms with Gasteiger partial charge in [0.1, 0.15) is 0 Å². The molecule has 24 heavy (non-hydrogen) atoms. The van der Waals surface area contributed by atoms with Crippen LogP contribution in [0.1, 0.15) is 6.42 Å². The van der Waals surface area contributed by atoms with E-state index in [2.05, 4.69) is 22.5 Å². The molecule has 1 fully saturated rings. The number of hydrogen-bond acceptors (Lipinski definition) is 4. The van der Waals surface area contributed by atoms with Crippen LogP contribution in [0.2, 0.25) is 0 Å². The maximum absolute atomic E-state index is 12.5. The molecule has 4 heterocycles. The van der Waals surface area contributed by atoms with Crippen LogP contribution in [0.4, 0.5) is 0 Å². The molecule has 5 nitrogen and oxygen atoms in total. The van der Waals surface area contributed by atoms with Gasteiger partial charge in [0.25, 0.3) is 0 Å². The number of ether oxygens (including phenoxy) is 1. The van der Waals surface area contributed by atoms with Gasteiger partial charge >= 0.3 is 0 Å². The molecule has 0 bridgehead atoms. The van der Waals surface area contributed by atoms with Crippen molar-refractivity contribution in [1.82, 2.24) is 10.2 Å². The largest absolute Gasteiger partial charge is 0.376 e. The van der Waals surface area contributed by atoms with Crippen LogP contribution in [-0.2, 0) is 14.3 Å². The summed E-state index contributed by atoms with van der Waals surface area (Å²) in [6.45, 7) is 0.927. The van der Waals surface area contributed by atoms with Gasteiger partial charge in [-0.15, -0.1) is 0 Å². The van der Waals surface area contributed by atoms with Crippen molar-refractivity contribution in [1.29, 1.82) is 0 Å². The first-order valence-electron chi connectivity index (χ1n) is 8.11. The van der Waals surface area contributed by atoms with Gasteiger partial charge in [-0.05, 0) is 17.7 Å². The van der Waals surface area contributed by atoms with Crippen LogP contribution in [-0.4, -0.2) is 35.8 Å². The monoisotopic (exact) mass is 320 g/mol. The fourth-order valence-electron chi connectivity index (χ4n) is 4.16. The van der Waals surface area contributed by atoms with E-state index in [1.54, 1.807) is 6.08 Å². The Balaban J connectivity index is 1.68. The van der Waals surface area contributed by atoms with Crippen molar-refractivity contribution < 1.29 is 14.3 Å². The highest BCUT2D eigenvalue weighted by Gasteiger charge is 2.52. The maximum atomic E-state index is 12.5. The lowest BCUT2D eigenvalue weighted by molar-refractivity contribution is -0.117. The molecular formula is C19H16N2O3. The van der Waals surface area contributed by atoms with E-state index in [0.717, 1.165) is 22.4 Å². The molecule has 0 aromatic rings. The number of nitrogens with zero attached hydrogens (tertiary/aromatic N) is 1. The summed E-state index contributed by atoms with van der Waals surface area (Å²) < 4.78 is 5.55. The zero-order valence-electron chi connectivity index (χ0n) is 13.0. The van der Waals surface area contributed by atoms with Gasteiger partial charge in [-0.2, -0.15) is 0 Å². The second kappa shape index (κ2) is 4.68. The van der Waals surface area contributed by atoms with Crippen LogP contribution >= 0.6 is 0 Å². The van der Waals surface area contributed by atoms with E-state index >= 15 is 0 Å². The number of allylic oxidation sites excluding steroid dienone is 3. The molecule has 4 aliphatic heterocycles. The summed E-state index contributed by atoms with van der Waals surface area (Å²) in [6.07, 6.45) is 16.1. The van der Waals surface area contributed by atoms with Crippen molar-refractivity contribution in [2.24, 2.45) is 5.41 Å². The normalized spacial score (nSPS) is 33.2. The number of nitrogens with one attached hydrogen (secondary N) is 1. The Morgan fingerprint density at radius 3 is 3.08 bits per heavy atom. The third-order valence-corrected chi connectivity index (χ3v) is 5.30. The number of hydrogen-bond donors (Lipinski definition) is 1. The molecule has 120 valence electrons. The minimum atomic E-state index is -0.439. The molecule has 1 spiro atoms. The van der Waals surface area contributed by atoms with Crippen molar-refractivity contribution in [3.8, 4) is 0 Å². The van der Waals surface area contributed by atoms with E-state index in [-0.39, 0.29) is 17.7 Å². The lowest BCUT2D eigenvalue weighted by atomic mass is 9.68. The molecule has 5 aliphatic rings. The molecule has 1 N–H and O–H groups in total. The summed E-state index contributed by atoms with van der Waals surface area (Å²) in [5.41, 5.74) is 3.23. The van der Waals surface area contributed by atoms with Gasteiger partial charge in [-0.25, -0.2) is 0 Å². The van der Waals surface area contributed by atoms with Crippen LogP contribution in [0.5, 0.6) is 0 Å². The molecule has 2 atom stereocenters. The molecule has 1 aliphatic carbocycles. The number of amides is 1. The number of rotatable bonds is 0. The third-order valence-electron chi connectivity index (χ3n) is 5.30. The van der Waals surface area contributed by atoms with E-state index in [9.17, 15) is 9.59 Å². The highest BCUT2D eigenvalue weighted by molar-refractivity contribution is 6.00. The van der Waals surface area contributed by atoms with Crippen LogP contribution in [0.25, 0.3) is 0 Å². The van der Waals surface area contributed by atoms with Crippen LogP contribution in [0.15, 0.2) is 71.3 Å². The molecule has 0 saturated carbocycles. The fraction of sp³-hybridized carbons (Fsp3) is 0.263. The Labute approximate surface area is 139 Å². The molecule has 0 aromatic heterocycles. The molecule has 0 aromatic carbocycles. The predicted molar refractivity (Wildman–Crippen MR) is 87.3 cm³/mol. The van der Waals surface area contributed by atoms with Gasteiger partial charge in [-0.1, -0.05) is 18.2 Å². The Morgan fingerprint density at radius 1 is 1.25 bits per heavy atom. The minimum Gasteiger partial charge on any atom is -0.376 e. The molecule has 0 radical (unpaired) electrons. The Hall–Kier alpha value is -2.66. The van der Waals surface area contributed by atoms with E-state index in [0.29, 0.717) is 19.6 Å². The molecule has 2 unspecified atom stereocenters. The second-order valence-electron chi connectivity index (χ2n) is 6.57. The average molecular weight is 320 g/mol. The highest BCUT2D eigenvalue weighted by Crippen LogP contribution is 2.52. The zero-order valence-corrected chi connectivity index (χ0v) is 13.0. The quantitative estimate of drug-likeness (QED) is 0.735. The summed E-state index contributed by atoms with van der Waals surface area (Å²) in [4.78, 5) is 26.4. The first-order chi connectivity index (χ1) is 11.7. The Bertz CT molecular complexity index is 856. The first-order valence-corrected chi connectivity index (χ1v) is 8.11. The smallest absolute Gasteiger partial charge is 0.247 e. The summed E-state index contributed by atoms with van der Waals surface area (Å²) in [6, 6.07) is -0.0543. The van der Waals surface area contributed by atoms with Crippen LogP contribution in [0, 0.1) is 5.41 Å². The lowest BCUT2D eigenvalue weighted by Crippen LogP contribution is -2.47. The average Bonchev–Trinajstić information content (AvgIpc) is 2.78. The van der Waals surface area contributed by atoms with Gasteiger partial charge in [0.15, 0.2) is 5.78 Å². The summed E-state index contributed by atoms with van der Waals surface area (Å²) in [7, 11) is 0. The van der Waals surface area contributed by atoms with Crippen molar-refractivity contribution in [2.75, 3.05) is 13.2 Å². The van der Waals surface area contributed by atoms with Gasteiger partial charge in [0.2, 0.25) is 5.91 Å².